The first-order chi connectivity index (χ1) is 17.9. The number of Topliss-reactive ketones (excluding diaryl/α,β-unsaturated/α-hetero) is 1. The molecule has 0 N–H and O–H groups in total. The minimum absolute atomic E-state index is 0.0983. The maximum Gasteiger partial charge on any atom is 0.231 e. The molecule has 0 aromatic heterocycles. The van der Waals surface area contributed by atoms with Crippen molar-refractivity contribution in [3.05, 3.63) is 92.2 Å². The molecule has 2 heterocycles. The summed E-state index contributed by atoms with van der Waals surface area (Å²) in [5.41, 5.74) is 5.59. The summed E-state index contributed by atoms with van der Waals surface area (Å²) < 4.78 is 12.2. The number of nitrogens with zero attached hydrogens (tertiary/aromatic N) is 2. The largest absolute Gasteiger partial charge is 0.477 e. The number of fused-ring (bicyclic) bond motifs is 2. The van der Waals surface area contributed by atoms with Crippen LogP contribution in [-0.2, 0) is 13.0 Å². The van der Waals surface area contributed by atoms with E-state index in [4.69, 9.17) is 32.7 Å². The van der Waals surface area contributed by atoms with Crippen molar-refractivity contribution >= 4 is 40.7 Å². The first-order valence-corrected chi connectivity index (χ1v) is 13.4. The zero-order valence-electron chi connectivity index (χ0n) is 21.3. The monoisotopic (exact) mass is 536 g/mol. The van der Waals surface area contributed by atoms with E-state index in [1.54, 1.807) is 6.07 Å². The number of allylic oxidation sites excluding steroid dienone is 1. The molecule has 5 nitrogen and oxygen atoms in total. The molecule has 0 radical (unpaired) electrons. The maximum atomic E-state index is 13.3. The normalized spacial score (nSPS) is 15.8. The van der Waals surface area contributed by atoms with Gasteiger partial charge in [-0.2, -0.15) is 0 Å². The molecule has 5 rings (SSSR count). The molecule has 0 atom stereocenters. The smallest absolute Gasteiger partial charge is 0.231 e. The number of carbonyl (C=O) groups excluding carboxylic acids is 1. The summed E-state index contributed by atoms with van der Waals surface area (Å²) in [6, 6.07) is 15.7. The highest BCUT2D eigenvalue weighted by atomic mass is 35.5. The highest BCUT2D eigenvalue weighted by Crippen LogP contribution is 2.43. The Morgan fingerprint density at radius 1 is 1.03 bits per heavy atom. The number of rotatable bonds is 7. The third-order valence-corrected chi connectivity index (χ3v) is 7.62. The molecule has 37 heavy (non-hydrogen) atoms. The van der Waals surface area contributed by atoms with Crippen LogP contribution in [0, 0.1) is 6.92 Å². The summed E-state index contributed by atoms with van der Waals surface area (Å²) in [5, 5.41) is 1.30. The summed E-state index contributed by atoms with van der Waals surface area (Å²) in [5.74, 6) is 1.64. The van der Waals surface area contributed by atoms with Gasteiger partial charge in [0.05, 0.1) is 5.56 Å². The van der Waals surface area contributed by atoms with Gasteiger partial charge in [0.25, 0.3) is 0 Å². The van der Waals surface area contributed by atoms with Crippen LogP contribution >= 0.6 is 23.2 Å². The van der Waals surface area contributed by atoms with Gasteiger partial charge in [-0.3, -0.25) is 9.69 Å². The Balaban J connectivity index is 1.32. The zero-order chi connectivity index (χ0) is 26.1. The molecule has 2 aliphatic heterocycles. The van der Waals surface area contributed by atoms with Crippen molar-refractivity contribution in [1.29, 1.82) is 0 Å². The van der Waals surface area contributed by atoms with Gasteiger partial charge in [0.15, 0.2) is 5.76 Å². The predicted octanol–water partition coefficient (Wildman–Crippen LogP) is 7.16. The van der Waals surface area contributed by atoms with Gasteiger partial charge in [-0.15, -0.1) is 0 Å². The molecule has 0 spiro atoms. The van der Waals surface area contributed by atoms with Crippen molar-refractivity contribution in [3.63, 3.8) is 0 Å². The van der Waals surface area contributed by atoms with Crippen molar-refractivity contribution < 1.29 is 14.3 Å². The number of halogens is 2. The van der Waals surface area contributed by atoms with Gasteiger partial charge in [-0.05, 0) is 74.7 Å². The number of hydrogen-bond donors (Lipinski definition) is 0. The van der Waals surface area contributed by atoms with E-state index in [0.29, 0.717) is 40.4 Å². The third-order valence-electron chi connectivity index (χ3n) is 7.03. The number of ether oxygens (including phenoxy) is 2. The molecule has 0 unspecified atom stereocenters. The minimum atomic E-state index is -0.0983. The molecule has 7 heteroatoms. The fourth-order valence-electron chi connectivity index (χ4n) is 4.96. The van der Waals surface area contributed by atoms with Gasteiger partial charge < -0.3 is 14.4 Å². The molecule has 192 valence electrons. The lowest BCUT2D eigenvalue weighted by Gasteiger charge is -2.30. The highest BCUT2D eigenvalue weighted by molar-refractivity contribution is 6.35. The van der Waals surface area contributed by atoms with Crippen LogP contribution in [0.15, 0.2) is 54.3 Å². The van der Waals surface area contributed by atoms with E-state index in [1.165, 1.54) is 0 Å². The molecule has 0 fully saturated rings. The number of anilines is 1. The lowest BCUT2D eigenvalue weighted by molar-refractivity contribution is 0.0954. The Morgan fingerprint density at radius 2 is 1.78 bits per heavy atom. The maximum absolute atomic E-state index is 13.3. The van der Waals surface area contributed by atoms with Crippen molar-refractivity contribution in [2.24, 2.45) is 0 Å². The number of hydrogen-bond acceptors (Lipinski definition) is 5. The lowest BCUT2D eigenvalue weighted by Crippen LogP contribution is -2.34. The molecule has 0 saturated carbocycles. The van der Waals surface area contributed by atoms with E-state index in [0.717, 1.165) is 59.7 Å². The van der Waals surface area contributed by atoms with E-state index in [9.17, 15) is 4.79 Å². The van der Waals surface area contributed by atoms with E-state index in [2.05, 4.69) is 35.8 Å². The average Bonchev–Trinajstić information content (AvgIpc) is 3.20. The highest BCUT2D eigenvalue weighted by Gasteiger charge is 2.33. The van der Waals surface area contributed by atoms with Gasteiger partial charge in [0.2, 0.25) is 5.78 Å². The Bertz CT molecular complexity index is 1360. The topological polar surface area (TPSA) is 42.0 Å². The van der Waals surface area contributed by atoms with Gasteiger partial charge >= 0.3 is 0 Å². The molecule has 3 aromatic carbocycles. The van der Waals surface area contributed by atoms with Crippen molar-refractivity contribution in [3.8, 4) is 11.5 Å². The quantitative estimate of drug-likeness (QED) is 0.299. The van der Waals surface area contributed by atoms with E-state index >= 15 is 0 Å². The fourth-order valence-corrected chi connectivity index (χ4v) is 5.47. The van der Waals surface area contributed by atoms with E-state index in [-0.39, 0.29) is 5.78 Å². The van der Waals surface area contributed by atoms with Crippen LogP contribution < -0.4 is 14.4 Å². The molecule has 0 bridgehead atoms. The number of benzene rings is 3. The second-order valence-electron chi connectivity index (χ2n) is 9.38. The van der Waals surface area contributed by atoms with Gasteiger partial charge in [-0.25, -0.2) is 0 Å². The van der Waals surface area contributed by atoms with Gasteiger partial charge in [0, 0.05) is 53.0 Å². The van der Waals surface area contributed by atoms with Crippen LogP contribution in [0.1, 0.15) is 46.5 Å². The van der Waals surface area contributed by atoms with Crippen LogP contribution in [0.3, 0.4) is 0 Å². The number of carbonyl (C=O) groups is 1. The van der Waals surface area contributed by atoms with Crippen LogP contribution in [0.5, 0.6) is 11.5 Å². The molecule has 0 aliphatic carbocycles. The summed E-state index contributed by atoms with van der Waals surface area (Å²) in [6.45, 7) is 10.1. The lowest BCUT2D eigenvalue weighted by atomic mass is 9.99. The molecule has 0 amide bonds. The van der Waals surface area contributed by atoms with Crippen molar-refractivity contribution in [1.82, 2.24) is 4.90 Å². The van der Waals surface area contributed by atoms with E-state index in [1.807, 2.05) is 43.3 Å². The van der Waals surface area contributed by atoms with E-state index < -0.39 is 0 Å². The van der Waals surface area contributed by atoms with Crippen molar-refractivity contribution in [2.45, 2.75) is 33.7 Å². The standard InChI is InChI=1S/C30H30Cl2N2O3/c1-4-34(5-2)24-10-6-20(7-11-24)14-27-28(35)25-15-22-17-33(18-36-29(22)19(3)30(25)37-27)13-12-21-8-9-23(31)16-26(21)32/h6-11,14-16H,4-5,12-13,17-18H2,1-3H3/b27-14-. The fraction of sp³-hybridized carbons (Fsp3) is 0.300. The van der Waals surface area contributed by atoms with Crippen LogP contribution in [0.4, 0.5) is 5.69 Å². The number of ketones is 1. The molecule has 2 aliphatic rings. The van der Waals surface area contributed by atoms with Crippen LogP contribution in [-0.4, -0.2) is 37.0 Å². The first-order valence-electron chi connectivity index (χ1n) is 12.6. The molecular formula is C30H30Cl2N2O3. The zero-order valence-corrected chi connectivity index (χ0v) is 22.8. The summed E-state index contributed by atoms with van der Waals surface area (Å²) in [7, 11) is 0. The average molecular weight is 537 g/mol. The SMILES string of the molecule is CCN(CC)c1ccc(/C=C2\Oc3c(cc4c(c3C)OCN(CCc3ccc(Cl)cc3Cl)C4)C2=O)cc1. The Hall–Kier alpha value is -2.99. The van der Waals surface area contributed by atoms with Gasteiger partial charge in [-0.1, -0.05) is 41.4 Å². The van der Waals surface area contributed by atoms with Crippen LogP contribution in [0.2, 0.25) is 10.0 Å². The predicted molar refractivity (Wildman–Crippen MR) is 150 cm³/mol. The third kappa shape index (κ3) is 5.22. The minimum Gasteiger partial charge on any atom is -0.477 e. The molecule has 0 saturated heterocycles. The Labute approximate surface area is 228 Å². The second kappa shape index (κ2) is 10.8. The van der Waals surface area contributed by atoms with Gasteiger partial charge in [0.1, 0.15) is 18.2 Å². The first kappa shape index (κ1) is 25.7. The Kier molecular flexibility index (Phi) is 7.47. The van der Waals surface area contributed by atoms with Crippen LogP contribution in [0.25, 0.3) is 6.08 Å². The second-order valence-corrected chi connectivity index (χ2v) is 10.2. The summed E-state index contributed by atoms with van der Waals surface area (Å²) in [6.07, 6.45) is 2.59. The molecular weight excluding hydrogens is 507 g/mol. The Morgan fingerprint density at radius 3 is 2.49 bits per heavy atom. The van der Waals surface area contributed by atoms with Crippen molar-refractivity contribution in [2.75, 3.05) is 31.3 Å². The molecule has 3 aromatic rings. The summed E-state index contributed by atoms with van der Waals surface area (Å²) in [4.78, 5) is 17.8. The summed E-state index contributed by atoms with van der Waals surface area (Å²) >= 11 is 12.4.